The summed E-state index contributed by atoms with van der Waals surface area (Å²) >= 11 is 0. The van der Waals surface area contributed by atoms with E-state index in [1.165, 1.54) is 6.33 Å². The number of aromatic amines is 1. The molecule has 4 N–H and O–H groups in total. The molecule has 0 aliphatic heterocycles. The molecule has 1 aromatic rings. The molecule has 0 aliphatic rings. The van der Waals surface area contributed by atoms with Crippen LogP contribution in [0.3, 0.4) is 0 Å². The molecule has 1 aromatic heterocycles. The number of hydrogen-bond donors (Lipinski definition) is 3. The van der Waals surface area contributed by atoms with Crippen molar-refractivity contribution in [3.63, 3.8) is 0 Å². The highest BCUT2D eigenvalue weighted by atomic mass is 16.2. The summed E-state index contributed by atoms with van der Waals surface area (Å²) in [6.07, 6.45) is 3.15. The molecule has 6 heteroatoms. The molecule has 1 rings (SSSR count). The molecule has 0 bridgehead atoms. The van der Waals surface area contributed by atoms with Crippen molar-refractivity contribution >= 4 is 5.91 Å². The lowest BCUT2D eigenvalue weighted by molar-refractivity contribution is 0.0926. The van der Waals surface area contributed by atoms with E-state index in [2.05, 4.69) is 20.5 Å². The number of nitrogens with one attached hydrogen (secondary N) is 2. The smallest absolute Gasteiger partial charge is 0.288 e. The lowest BCUT2D eigenvalue weighted by atomic mass is 10.1. The predicted molar refractivity (Wildman–Crippen MR) is 51.6 cm³/mol. The average molecular weight is 197 g/mol. The van der Waals surface area contributed by atoms with Gasteiger partial charge in [-0.2, -0.15) is 5.10 Å². The van der Waals surface area contributed by atoms with Crippen LogP contribution in [0.15, 0.2) is 6.33 Å². The first-order valence-electron chi connectivity index (χ1n) is 4.64. The lowest BCUT2D eigenvalue weighted by Gasteiger charge is -2.14. The molecule has 0 radical (unpaired) electrons. The number of aromatic nitrogens is 3. The van der Waals surface area contributed by atoms with E-state index in [4.69, 9.17) is 5.73 Å². The topological polar surface area (TPSA) is 96.7 Å². The monoisotopic (exact) mass is 197 g/mol. The molecule has 0 saturated heterocycles. The summed E-state index contributed by atoms with van der Waals surface area (Å²) < 4.78 is 0. The van der Waals surface area contributed by atoms with Gasteiger partial charge in [0.2, 0.25) is 5.82 Å². The van der Waals surface area contributed by atoms with Crippen molar-refractivity contribution in [1.82, 2.24) is 20.5 Å². The summed E-state index contributed by atoms with van der Waals surface area (Å²) in [4.78, 5) is 15.2. The molecule has 1 heterocycles. The molecule has 0 saturated carbocycles. The Morgan fingerprint density at radius 2 is 2.57 bits per heavy atom. The van der Waals surface area contributed by atoms with Crippen molar-refractivity contribution in [2.24, 2.45) is 5.73 Å². The Kier molecular flexibility index (Phi) is 4.06. The van der Waals surface area contributed by atoms with Crippen molar-refractivity contribution in [3.8, 4) is 0 Å². The molecule has 0 spiro atoms. The summed E-state index contributed by atoms with van der Waals surface area (Å²) in [6.45, 7) is 2.48. The quantitative estimate of drug-likeness (QED) is 0.601. The van der Waals surface area contributed by atoms with E-state index in [1.54, 1.807) is 0 Å². The molecule has 78 valence electrons. The van der Waals surface area contributed by atoms with E-state index in [0.29, 0.717) is 6.54 Å². The highest BCUT2D eigenvalue weighted by Gasteiger charge is 2.13. The van der Waals surface area contributed by atoms with Crippen LogP contribution in [0.4, 0.5) is 0 Å². The maximum Gasteiger partial charge on any atom is 0.288 e. The molecule has 14 heavy (non-hydrogen) atoms. The number of H-pyrrole nitrogens is 1. The molecule has 1 unspecified atom stereocenters. The van der Waals surface area contributed by atoms with Gasteiger partial charge in [0.1, 0.15) is 6.33 Å². The second-order valence-electron chi connectivity index (χ2n) is 3.03. The Morgan fingerprint density at radius 3 is 3.07 bits per heavy atom. The van der Waals surface area contributed by atoms with Gasteiger partial charge in [-0.1, -0.05) is 13.3 Å². The number of nitrogens with zero attached hydrogens (tertiary/aromatic N) is 2. The lowest BCUT2D eigenvalue weighted by Crippen LogP contribution is -2.40. The van der Waals surface area contributed by atoms with Crippen LogP contribution in [-0.2, 0) is 0 Å². The zero-order chi connectivity index (χ0) is 10.4. The van der Waals surface area contributed by atoms with Gasteiger partial charge in [0.15, 0.2) is 0 Å². The van der Waals surface area contributed by atoms with E-state index in [0.717, 1.165) is 12.8 Å². The van der Waals surface area contributed by atoms with Crippen molar-refractivity contribution < 1.29 is 4.79 Å². The molecule has 1 amide bonds. The normalized spacial score (nSPS) is 12.4. The zero-order valence-electron chi connectivity index (χ0n) is 8.16. The molecule has 6 nitrogen and oxygen atoms in total. The summed E-state index contributed by atoms with van der Waals surface area (Å²) in [5.74, 6) is -0.0362. The number of rotatable bonds is 5. The molecule has 0 fully saturated rings. The maximum atomic E-state index is 11.4. The fourth-order valence-electron chi connectivity index (χ4n) is 1.17. The minimum Gasteiger partial charge on any atom is -0.345 e. The number of hydrogen-bond acceptors (Lipinski definition) is 4. The third-order valence-electron chi connectivity index (χ3n) is 1.89. The van der Waals surface area contributed by atoms with Gasteiger partial charge in [-0.15, -0.1) is 0 Å². The highest BCUT2D eigenvalue weighted by Crippen LogP contribution is 1.96. The van der Waals surface area contributed by atoms with Crippen LogP contribution in [0.5, 0.6) is 0 Å². The molecular formula is C8H15N5O. The van der Waals surface area contributed by atoms with Crippen LogP contribution in [0.25, 0.3) is 0 Å². The van der Waals surface area contributed by atoms with Gasteiger partial charge in [-0.3, -0.25) is 9.89 Å². The Labute approximate surface area is 82.3 Å². The minimum absolute atomic E-state index is 0.0117. The fraction of sp³-hybridized carbons (Fsp3) is 0.625. The Bertz CT molecular complexity index is 271. The molecular weight excluding hydrogens is 182 g/mol. The number of carbonyl (C=O) groups is 1. The summed E-state index contributed by atoms with van der Waals surface area (Å²) in [5.41, 5.74) is 5.50. The molecule has 0 aliphatic carbocycles. The fourth-order valence-corrected chi connectivity index (χ4v) is 1.17. The van der Waals surface area contributed by atoms with Gasteiger partial charge in [0.25, 0.3) is 5.91 Å². The first-order valence-corrected chi connectivity index (χ1v) is 4.64. The van der Waals surface area contributed by atoms with Crippen molar-refractivity contribution in [3.05, 3.63) is 12.2 Å². The summed E-state index contributed by atoms with van der Waals surface area (Å²) in [5, 5.41) is 8.86. The SMILES string of the molecule is CCCC(CN)NC(=O)c1ncn[nH]1. The van der Waals surface area contributed by atoms with Crippen LogP contribution in [-0.4, -0.2) is 33.7 Å². The zero-order valence-corrected chi connectivity index (χ0v) is 8.16. The van der Waals surface area contributed by atoms with Crippen molar-refractivity contribution in [2.75, 3.05) is 6.54 Å². The van der Waals surface area contributed by atoms with Crippen LogP contribution >= 0.6 is 0 Å². The van der Waals surface area contributed by atoms with E-state index in [-0.39, 0.29) is 17.8 Å². The maximum absolute atomic E-state index is 11.4. The van der Waals surface area contributed by atoms with Crippen molar-refractivity contribution in [1.29, 1.82) is 0 Å². The van der Waals surface area contributed by atoms with Gasteiger partial charge in [0, 0.05) is 12.6 Å². The summed E-state index contributed by atoms with van der Waals surface area (Å²) in [6, 6.07) is 0.0117. The second kappa shape index (κ2) is 5.33. The Hall–Kier alpha value is -1.43. The molecule has 0 aromatic carbocycles. The molecule has 1 atom stereocenters. The third-order valence-corrected chi connectivity index (χ3v) is 1.89. The first-order chi connectivity index (χ1) is 6.77. The van der Waals surface area contributed by atoms with Crippen LogP contribution in [0.1, 0.15) is 30.4 Å². The van der Waals surface area contributed by atoms with Gasteiger partial charge in [-0.25, -0.2) is 4.98 Å². The average Bonchev–Trinajstić information content (AvgIpc) is 2.69. The van der Waals surface area contributed by atoms with Gasteiger partial charge in [0.05, 0.1) is 0 Å². The van der Waals surface area contributed by atoms with Gasteiger partial charge in [-0.05, 0) is 6.42 Å². The number of nitrogens with two attached hydrogens (primary N) is 1. The van der Waals surface area contributed by atoms with E-state index in [1.807, 2.05) is 6.92 Å². The van der Waals surface area contributed by atoms with E-state index >= 15 is 0 Å². The van der Waals surface area contributed by atoms with E-state index in [9.17, 15) is 4.79 Å². The predicted octanol–water partition coefficient (Wildman–Crippen LogP) is -0.338. The largest absolute Gasteiger partial charge is 0.345 e. The third kappa shape index (κ3) is 2.81. The van der Waals surface area contributed by atoms with Gasteiger partial charge < -0.3 is 11.1 Å². The second-order valence-corrected chi connectivity index (χ2v) is 3.03. The number of amides is 1. The minimum atomic E-state index is -0.258. The van der Waals surface area contributed by atoms with Crippen LogP contribution < -0.4 is 11.1 Å². The Balaban J connectivity index is 2.47. The standard InChI is InChI=1S/C8H15N5O/c1-2-3-6(4-9)12-8(14)7-10-5-11-13-7/h5-6H,2-4,9H2,1H3,(H,12,14)(H,10,11,13). The van der Waals surface area contributed by atoms with Crippen LogP contribution in [0, 0.1) is 0 Å². The first kappa shape index (κ1) is 10.6. The van der Waals surface area contributed by atoms with Crippen molar-refractivity contribution in [2.45, 2.75) is 25.8 Å². The summed E-state index contributed by atoms with van der Waals surface area (Å²) in [7, 11) is 0. The number of carbonyl (C=O) groups excluding carboxylic acids is 1. The van der Waals surface area contributed by atoms with Gasteiger partial charge >= 0.3 is 0 Å². The van der Waals surface area contributed by atoms with E-state index < -0.39 is 0 Å². The highest BCUT2D eigenvalue weighted by molar-refractivity contribution is 5.90. The Morgan fingerprint density at radius 1 is 1.79 bits per heavy atom. The van der Waals surface area contributed by atoms with Crippen LogP contribution in [0.2, 0.25) is 0 Å².